The summed E-state index contributed by atoms with van der Waals surface area (Å²) in [6.45, 7) is 2.33. The second-order valence-electron chi connectivity index (χ2n) is 5.30. The van der Waals surface area contributed by atoms with Crippen LogP contribution in [0.15, 0.2) is 30.3 Å². The molecule has 1 atom stereocenters. The maximum Gasteiger partial charge on any atom is 0.264 e. The molecule has 120 valence electrons. The number of nitrogens with one attached hydrogen (secondary N) is 2. The van der Waals surface area contributed by atoms with Gasteiger partial charge in [0.1, 0.15) is 0 Å². The van der Waals surface area contributed by atoms with Gasteiger partial charge < -0.3 is 5.32 Å². The van der Waals surface area contributed by atoms with Gasteiger partial charge in [-0.15, -0.1) is 10.2 Å². The van der Waals surface area contributed by atoms with Crippen molar-refractivity contribution in [2.24, 2.45) is 0 Å². The van der Waals surface area contributed by atoms with Crippen molar-refractivity contribution in [2.75, 3.05) is 12.3 Å². The Morgan fingerprint density at radius 2 is 2.05 bits per heavy atom. The topological polar surface area (TPSA) is 121 Å². The number of aromatic amines is 1. The van der Waals surface area contributed by atoms with Crippen molar-refractivity contribution < 1.29 is 13.0 Å². The minimum Gasteiger partial charge on any atom is -0.305 e. The van der Waals surface area contributed by atoms with Gasteiger partial charge in [-0.1, -0.05) is 35.5 Å². The third-order valence-corrected chi connectivity index (χ3v) is 4.14. The quantitative estimate of drug-likeness (QED) is 0.478. The largest absolute Gasteiger partial charge is 0.305 e. The molecule has 0 saturated carbocycles. The van der Waals surface area contributed by atoms with E-state index in [1.165, 1.54) is 0 Å². The monoisotopic (exact) mass is 325 g/mol. The third-order valence-electron chi connectivity index (χ3n) is 3.33. The molecule has 0 spiro atoms. The summed E-state index contributed by atoms with van der Waals surface area (Å²) in [6, 6.07) is 9.83. The molecular weight excluding hydrogens is 306 g/mol. The molecule has 1 heterocycles. The molecule has 0 aliphatic rings. The van der Waals surface area contributed by atoms with Crippen LogP contribution in [0.1, 0.15) is 24.7 Å². The van der Waals surface area contributed by atoms with E-state index in [1.54, 1.807) is 0 Å². The van der Waals surface area contributed by atoms with Crippen LogP contribution in [0.2, 0.25) is 0 Å². The number of hydrogen-bond donors (Lipinski definition) is 3. The van der Waals surface area contributed by atoms with Crippen LogP contribution in [0.4, 0.5) is 0 Å². The summed E-state index contributed by atoms with van der Waals surface area (Å²) in [5, 5.41) is 17.3. The normalized spacial score (nSPS) is 14.6. The number of hydrogen-bond acceptors (Lipinski definition) is 6. The Morgan fingerprint density at radius 3 is 2.64 bits per heavy atom. The molecule has 0 radical (unpaired) electrons. The van der Waals surface area contributed by atoms with Gasteiger partial charge in [-0.05, 0) is 31.9 Å². The zero-order valence-corrected chi connectivity index (χ0v) is 13.0. The zero-order valence-electron chi connectivity index (χ0n) is 12.2. The van der Waals surface area contributed by atoms with E-state index in [0.717, 1.165) is 5.56 Å². The van der Waals surface area contributed by atoms with Crippen molar-refractivity contribution >= 4 is 10.1 Å². The second kappa shape index (κ2) is 6.95. The number of benzene rings is 1. The number of nitrogens with zero attached hydrogens (tertiary/aromatic N) is 3. The molecule has 1 aromatic carbocycles. The zero-order chi connectivity index (χ0) is 16.1. The Labute approximate surface area is 129 Å². The SMILES string of the molecule is CC(Cc1ccccc1)(NCCCS(=O)(=O)O)c1nn[nH]n1. The first-order valence-electron chi connectivity index (χ1n) is 6.87. The summed E-state index contributed by atoms with van der Waals surface area (Å²) in [5.74, 6) is 0.219. The van der Waals surface area contributed by atoms with Gasteiger partial charge in [0.15, 0.2) is 5.82 Å². The van der Waals surface area contributed by atoms with Gasteiger partial charge in [0, 0.05) is 0 Å². The van der Waals surface area contributed by atoms with E-state index in [1.807, 2.05) is 37.3 Å². The molecule has 0 aliphatic heterocycles. The summed E-state index contributed by atoms with van der Waals surface area (Å²) in [5.41, 5.74) is 0.505. The summed E-state index contributed by atoms with van der Waals surface area (Å²) < 4.78 is 30.3. The van der Waals surface area contributed by atoms with Crippen molar-refractivity contribution in [3.8, 4) is 0 Å². The minimum absolute atomic E-state index is 0.284. The second-order valence-corrected chi connectivity index (χ2v) is 6.87. The number of rotatable bonds is 8. The Morgan fingerprint density at radius 1 is 1.32 bits per heavy atom. The molecule has 0 amide bonds. The predicted octanol–water partition coefficient (Wildman–Crippen LogP) is 0.525. The van der Waals surface area contributed by atoms with Crippen LogP contribution in [-0.4, -0.2) is 45.9 Å². The first-order chi connectivity index (χ1) is 10.4. The van der Waals surface area contributed by atoms with E-state index in [4.69, 9.17) is 4.55 Å². The van der Waals surface area contributed by atoms with E-state index in [0.29, 0.717) is 25.2 Å². The Balaban J connectivity index is 2.06. The molecule has 8 nitrogen and oxygen atoms in total. The van der Waals surface area contributed by atoms with Crippen molar-refractivity contribution in [3.63, 3.8) is 0 Å². The summed E-state index contributed by atoms with van der Waals surface area (Å²) >= 11 is 0. The molecule has 0 saturated heterocycles. The van der Waals surface area contributed by atoms with Crippen LogP contribution in [0.5, 0.6) is 0 Å². The number of tetrazole rings is 1. The highest BCUT2D eigenvalue weighted by Crippen LogP contribution is 2.21. The van der Waals surface area contributed by atoms with Gasteiger partial charge in [0.05, 0.1) is 11.3 Å². The minimum atomic E-state index is -3.94. The summed E-state index contributed by atoms with van der Waals surface area (Å²) in [4.78, 5) is 0. The van der Waals surface area contributed by atoms with Gasteiger partial charge in [0.25, 0.3) is 10.1 Å². The lowest BCUT2D eigenvalue weighted by molar-refractivity contribution is 0.343. The molecule has 2 aromatic rings. The van der Waals surface area contributed by atoms with Crippen LogP contribution in [0.3, 0.4) is 0 Å². The van der Waals surface area contributed by atoms with Gasteiger partial charge in [-0.3, -0.25) is 4.55 Å². The lowest BCUT2D eigenvalue weighted by atomic mass is 9.92. The first kappa shape index (κ1) is 16.5. The molecule has 0 fully saturated rings. The van der Waals surface area contributed by atoms with Gasteiger partial charge in [0.2, 0.25) is 0 Å². The molecule has 1 unspecified atom stereocenters. The fourth-order valence-electron chi connectivity index (χ4n) is 2.24. The van der Waals surface area contributed by atoms with Crippen molar-refractivity contribution in [1.82, 2.24) is 25.9 Å². The molecule has 0 aliphatic carbocycles. The molecule has 3 N–H and O–H groups in total. The Kier molecular flexibility index (Phi) is 5.22. The molecule has 22 heavy (non-hydrogen) atoms. The van der Waals surface area contributed by atoms with Crippen LogP contribution in [0, 0.1) is 0 Å². The third kappa shape index (κ3) is 4.86. The summed E-state index contributed by atoms with van der Waals surface area (Å²) in [7, 11) is -3.94. The van der Waals surface area contributed by atoms with Crippen LogP contribution in [-0.2, 0) is 22.1 Å². The molecule has 2 rings (SSSR count). The lowest BCUT2D eigenvalue weighted by Gasteiger charge is -2.28. The maximum atomic E-state index is 10.8. The van der Waals surface area contributed by atoms with Crippen LogP contribution >= 0.6 is 0 Å². The van der Waals surface area contributed by atoms with Crippen molar-refractivity contribution in [3.05, 3.63) is 41.7 Å². The Hall–Kier alpha value is -1.84. The van der Waals surface area contributed by atoms with Gasteiger partial charge in [-0.2, -0.15) is 13.6 Å². The van der Waals surface area contributed by atoms with Crippen molar-refractivity contribution in [1.29, 1.82) is 0 Å². The van der Waals surface area contributed by atoms with E-state index < -0.39 is 15.7 Å². The van der Waals surface area contributed by atoms with E-state index in [9.17, 15) is 8.42 Å². The fraction of sp³-hybridized carbons (Fsp3) is 0.462. The van der Waals surface area contributed by atoms with Crippen LogP contribution in [0.25, 0.3) is 0 Å². The number of H-pyrrole nitrogens is 1. The molecule has 0 bridgehead atoms. The van der Waals surface area contributed by atoms with Crippen LogP contribution < -0.4 is 5.32 Å². The highest BCUT2D eigenvalue weighted by molar-refractivity contribution is 7.85. The standard InChI is InChI=1S/C13H19N5O3S/c1-13(12-15-17-18-16-12,10-11-6-3-2-4-7-11)14-8-5-9-22(19,20)21/h2-4,6-7,14H,5,8-10H2,1H3,(H,19,20,21)(H,15,16,17,18). The van der Waals surface area contributed by atoms with E-state index >= 15 is 0 Å². The average molecular weight is 325 g/mol. The van der Waals surface area contributed by atoms with Crippen molar-refractivity contribution in [2.45, 2.75) is 25.3 Å². The fourth-order valence-corrected chi connectivity index (χ4v) is 2.75. The van der Waals surface area contributed by atoms with E-state index in [2.05, 4.69) is 25.9 Å². The summed E-state index contributed by atoms with van der Waals surface area (Å²) in [6.07, 6.45) is 0.917. The molecular formula is C13H19N5O3S. The van der Waals surface area contributed by atoms with Gasteiger partial charge in [-0.25, -0.2) is 0 Å². The maximum absolute atomic E-state index is 10.8. The lowest BCUT2D eigenvalue weighted by Crippen LogP contribution is -2.43. The van der Waals surface area contributed by atoms with Gasteiger partial charge >= 0.3 is 0 Å². The average Bonchev–Trinajstić information content (AvgIpc) is 2.99. The van der Waals surface area contributed by atoms with E-state index in [-0.39, 0.29) is 5.75 Å². The highest BCUT2D eigenvalue weighted by atomic mass is 32.2. The predicted molar refractivity (Wildman–Crippen MR) is 80.7 cm³/mol. The highest BCUT2D eigenvalue weighted by Gasteiger charge is 2.30. The number of aromatic nitrogens is 4. The smallest absolute Gasteiger partial charge is 0.264 e. The molecule has 9 heteroatoms. The Bertz CT molecular complexity index is 675. The molecule has 1 aromatic heterocycles. The first-order valence-corrected chi connectivity index (χ1v) is 8.48.